The first-order chi connectivity index (χ1) is 13.0. The van der Waals surface area contributed by atoms with E-state index in [1.54, 1.807) is 4.90 Å². The number of nitrogens with zero attached hydrogens (tertiary/aromatic N) is 3. The van der Waals surface area contributed by atoms with Gasteiger partial charge in [-0.15, -0.1) is 0 Å². The number of anilines is 1. The number of rotatable bonds is 6. The molecule has 0 bridgehead atoms. The Morgan fingerprint density at radius 3 is 2.85 bits per heavy atom. The van der Waals surface area contributed by atoms with Gasteiger partial charge in [-0.3, -0.25) is 14.6 Å². The molecule has 1 N–H and O–H groups in total. The predicted octanol–water partition coefficient (Wildman–Crippen LogP) is 3.43. The minimum atomic E-state index is -2.46. The number of amides is 1. The van der Waals surface area contributed by atoms with Crippen molar-refractivity contribution in [2.45, 2.75) is 37.6 Å². The Morgan fingerprint density at radius 2 is 2.22 bits per heavy atom. The van der Waals surface area contributed by atoms with E-state index >= 15 is 0 Å². The van der Waals surface area contributed by atoms with Gasteiger partial charge in [-0.25, -0.2) is 13.8 Å². The van der Waals surface area contributed by atoms with Crippen LogP contribution in [0.3, 0.4) is 0 Å². The molecule has 5 rings (SSSR count). The maximum atomic E-state index is 13.2. The summed E-state index contributed by atoms with van der Waals surface area (Å²) < 4.78 is 26.3. The second kappa shape index (κ2) is 6.12. The van der Waals surface area contributed by atoms with Crippen LogP contribution in [0.4, 0.5) is 14.6 Å². The van der Waals surface area contributed by atoms with E-state index in [2.05, 4.69) is 20.9 Å². The summed E-state index contributed by atoms with van der Waals surface area (Å²) >= 11 is 0. The average Bonchev–Trinajstić information content (AvgIpc) is 3.53. The van der Waals surface area contributed by atoms with Crippen molar-refractivity contribution in [1.82, 2.24) is 14.9 Å². The third-order valence-electron chi connectivity index (χ3n) is 5.91. The number of H-pyrrole nitrogens is 1. The molecule has 7 heteroatoms. The summed E-state index contributed by atoms with van der Waals surface area (Å²) in [6.07, 6.45) is 7.73. The van der Waals surface area contributed by atoms with Crippen molar-refractivity contribution in [3.05, 3.63) is 30.0 Å². The third-order valence-corrected chi connectivity index (χ3v) is 5.91. The van der Waals surface area contributed by atoms with Gasteiger partial charge in [-0.1, -0.05) is 6.08 Å². The van der Waals surface area contributed by atoms with Crippen LogP contribution >= 0.6 is 0 Å². The Morgan fingerprint density at radius 1 is 1.41 bits per heavy atom. The molecular formula is C20H22F2N4O. The Labute approximate surface area is 156 Å². The molecule has 27 heavy (non-hydrogen) atoms. The Hall–Kier alpha value is -2.28. The number of carbonyl (C=O) groups excluding carboxylic acids is 1. The number of carbonyl (C=O) groups is 1. The van der Waals surface area contributed by atoms with Crippen LogP contribution in [0.2, 0.25) is 0 Å². The van der Waals surface area contributed by atoms with Crippen LogP contribution in [0.5, 0.6) is 0 Å². The van der Waals surface area contributed by atoms with Crippen molar-refractivity contribution in [2.75, 3.05) is 24.5 Å². The van der Waals surface area contributed by atoms with Gasteiger partial charge >= 0.3 is 0 Å². The summed E-state index contributed by atoms with van der Waals surface area (Å²) in [6.45, 7) is 1.94. The normalized spacial score (nSPS) is 24.7. The molecule has 1 unspecified atom stereocenters. The SMILES string of the molecule is O=CN(c1cc(C2=CCN(CC3CC3(F)F)CC2)c2cc[nH]c2n1)C1CC1. The highest BCUT2D eigenvalue weighted by Gasteiger charge is 2.56. The van der Waals surface area contributed by atoms with Gasteiger partial charge in [-0.05, 0) is 42.5 Å². The van der Waals surface area contributed by atoms with Gasteiger partial charge in [0.05, 0.1) is 0 Å². The fourth-order valence-corrected chi connectivity index (χ4v) is 4.00. The largest absolute Gasteiger partial charge is 0.346 e. The van der Waals surface area contributed by atoms with Gasteiger partial charge in [-0.2, -0.15) is 0 Å². The molecule has 0 spiro atoms. The summed E-state index contributed by atoms with van der Waals surface area (Å²) in [5.41, 5.74) is 3.06. The summed E-state index contributed by atoms with van der Waals surface area (Å²) in [5.74, 6) is -2.25. The van der Waals surface area contributed by atoms with E-state index in [9.17, 15) is 13.6 Å². The number of hydrogen-bond donors (Lipinski definition) is 1. The van der Waals surface area contributed by atoms with Crippen LogP contribution in [-0.2, 0) is 4.79 Å². The summed E-state index contributed by atoms with van der Waals surface area (Å²) in [4.78, 5) is 23.1. The average molecular weight is 372 g/mol. The molecule has 2 fully saturated rings. The Kier molecular flexibility index (Phi) is 3.82. The monoisotopic (exact) mass is 372 g/mol. The smallest absolute Gasteiger partial charge is 0.252 e. The Bertz CT molecular complexity index is 918. The van der Waals surface area contributed by atoms with E-state index in [1.807, 2.05) is 18.3 Å². The van der Waals surface area contributed by atoms with Gasteiger partial charge in [0.25, 0.3) is 5.92 Å². The molecule has 3 aliphatic rings. The zero-order valence-electron chi connectivity index (χ0n) is 15.0. The van der Waals surface area contributed by atoms with E-state index in [1.165, 1.54) is 5.57 Å². The zero-order chi connectivity index (χ0) is 18.6. The standard InChI is InChI=1S/C20H22F2N4O/c21-20(22)10-14(20)11-25-7-4-13(5-8-25)17-9-18(26(12-27)15-1-2-15)24-19-16(17)3-6-23-19/h3-4,6,9,12,14-15H,1-2,5,7-8,10-11H2,(H,23,24). The number of halogens is 2. The van der Waals surface area contributed by atoms with Crippen molar-refractivity contribution >= 4 is 28.8 Å². The van der Waals surface area contributed by atoms with E-state index in [-0.39, 0.29) is 12.5 Å². The second-order valence-corrected chi connectivity index (χ2v) is 7.91. The fourth-order valence-electron chi connectivity index (χ4n) is 4.00. The highest BCUT2D eigenvalue weighted by atomic mass is 19.3. The highest BCUT2D eigenvalue weighted by Crippen LogP contribution is 2.49. The van der Waals surface area contributed by atoms with Crippen molar-refractivity contribution in [3.63, 3.8) is 0 Å². The van der Waals surface area contributed by atoms with Crippen LogP contribution in [-0.4, -0.2) is 52.9 Å². The minimum absolute atomic E-state index is 0.0282. The van der Waals surface area contributed by atoms with Gasteiger partial charge in [0, 0.05) is 49.6 Å². The van der Waals surface area contributed by atoms with Gasteiger partial charge < -0.3 is 4.98 Å². The molecule has 0 radical (unpaired) electrons. The lowest BCUT2D eigenvalue weighted by Gasteiger charge is -2.27. The number of hydrogen-bond acceptors (Lipinski definition) is 3. The first-order valence-corrected chi connectivity index (χ1v) is 9.56. The molecule has 142 valence electrons. The number of fused-ring (bicyclic) bond motifs is 1. The van der Waals surface area contributed by atoms with Crippen molar-refractivity contribution in [2.24, 2.45) is 5.92 Å². The molecule has 2 aromatic heterocycles. The topological polar surface area (TPSA) is 52.2 Å². The third kappa shape index (κ3) is 3.14. The molecule has 0 aromatic carbocycles. The fraction of sp³-hybridized carbons (Fsp3) is 0.500. The van der Waals surface area contributed by atoms with Crippen LogP contribution in [0.1, 0.15) is 31.2 Å². The van der Waals surface area contributed by atoms with E-state index in [4.69, 9.17) is 0 Å². The predicted molar refractivity (Wildman–Crippen MR) is 99.7 cm³/mol. The van der Waals surface area contributed by atoms with Crippen molar-refractivity contribution < 1.29 is 13.6 Å². The number of alkyl halides is 2. The minimum Gasteiger partial charge on any atom is -0.346 e. The van der Waals surface area contributed by atoms with Crippen molar-refractivity contribution in [1.29, 1.82) is 0 Å². The van der Waals surface area contributed by atoms with Crippen molar-refractivity contribution in [3.8, 4) is 0 Å². The maximum absolute atomic E-state index is 13.2. The summed E-state index contributed by atoms with van der Waals surface area (Å²) in [7, 11) is 0. The summed E-state index contributed by atoms with van der Waals surface area (Å²) in [5, 5.41) is 1.04. The lowest BCUT2D eigenvalue weighted by Crippen LogP contribution is -2.31. The molecule has 5 nitrogen and oxygen atoms in total. The van der Waals surface area contributed by atoms with E-state index in [0.717, 1.165) is 48.8 Å². The number of pyridine rings is 1. The number of aromatic nitrogens is 2. The lowest BCUT2D eigenvalue weighted by molar-refractivity contribution is -0.107. The first-order valence-electron chi connectivity index (χ1n) is 9.56. The molecular weight excluding hydrogens is 350 g/mol. The highest BCUT2D eigenvalue weighted by molar-refractivity contribution is 5.93. The lowest BCUT2D eigenvalue weighted by atomic mass is 9.97. The second-order valence-electron chi connectivity index (χ2n) is 7.91. The molecule has 1 amide bonds. The molecule has 1 atom stereocenters. The van der Waals surface area contributed by atoms with Gasteiger partial charge in [0.15, 0.2) is 0 Å². The molecule has 3 heterocycles. The quantitative estimate of drug-likeness (QED) is 0.791. The number of aromatic amines is 1. The maximum Gasteiger partial charge on any atom is 0.252 e. The summed E-state index contributed by atoms with van der Waals surface area (Å²) in [6, 6.07) is 4.26. The van der Waals surface area contributed by atoms with Crippen LogP contribution in [0.15, 0.2) is 24.4 Å². The van der Waals surface area contributed by atoms with Gasteiger partial charge in [0.2, 0.25) is 6.41 Å². The molecule has 2 aromatic rings. The zero-order valence-corrected chi connectivity index (χ0v) is 15.0. The van der Waals surface area contributed by atoms with Crippen LogP contribution in [0.25, 0.3) is 16.6 Å². The van der Waals surface area contributed by atoms with E-state index in [0.29, 0.717) is 18.9 Å². The molecule has 2 saturated carbocycles. The van der Waals surface area contributed by atoms with Crippen LogP contribution < -0.4 is 4.90 Å². The van der Waals surface area contributed by atoms with E-state index < -0.39 is 11.8 Å². The van der Waals surface area contributed by atoms with Crippen LogP contribution in [0, 0.1) is 5.92 Å². The molecule has 1 aliphatic heterocycles. The first kappa shape index (κ1) is 16.9. The Balaban J connectivity index is 1.41. The van der Waals surface area contributed by atoms with Gasteiger partial charge in [0.1, 0.15) is 11.5 Å². The number of nitrogens with one attached hydrogen (secondary N) is 1. The molecule has 2 aliphatic carbocycles. The molecule has 0 saturated heterocycles.